The number of hydrogen-bond acceptors (Lipinski definition) is 4. The predicted molar refractivity (Wildman–Crippen MR) is 160 cm³/mol. The molecule has 1 heterocycles. The average molecular weight is 568 g/mol. The summed E-state index contributed by atoms with van der Waals surface area (Å²) < 4.78 is 7.14. The Bertz CT molecular complexity index is 1330. The number of hydrogen-bond donors (Lipinski definition) is 2. The molecule has 1 aromatic carbocycles. The van der Waals surface area contributed by atoms with Crippen LogP contribution in [0.3, 0.4) is 0 Å². The van der Waals surface area contributed by atoms with Gasteiger partial charge in [-0.2, -0.15) is 0 Å². The SMILES string of the molecule is COc1ccc2c(c1)c(CC(=O)NCCCCC(C)(C)NC(=O)C1CCCC1)c(C)n2C(=O)C1=CC=C(Cl)CC1. The Morgan fingerprint density at radius 3 is 2.52 bits per heavy atom. The highest BCUT2D eigenvalue weighted by atomic mass is 35.5. The van der Waals surface area contributed by atoms with Crippen LogP contribution in [-0.4, -0.2) is 41.5 Å². The number of aromatic nitrogens is 1. The van der Waals surface area contributed by atoms with Gasteiger partial charge in [-0.1, -0.05) is 30.5 Å². The van der Waals surface area contributed by atoms with E-state index in [-0.39, 0.29) is 35.6 Å². The average Bonchev–Trinajstić information content (AvgIpc) is 3.55. The molecule has 1 saturated carbocycles. The maximum absolute atomic E-state index is 13.5. The third-order valence-corrected chi connectivity index (χ3v) is 8.51. The van der Waals surface area contributed by atoms with Gasteiger partial charge in [0, 0.05) is 39.7 Å². The Labute approximate surface area is 242 Å². The summed E-state index contributed by atoms with van der Waals surface area (Å²) in [6.45, 7) is 6.59. The molecule has 8 heteroatoms. The van der Waals surface area contributed by atoms with E-state index in [1.54, 1.807) is 23.8 Å². The highest BCUT2D eigenvalue weighted by Crippen LogP contribution is 2.32. The summed E-state index contributed by atoms with van der Waals surface area (Å²) in [7, 11) is 1.60. The van der Waals surface area contributed by atoms with E-state index in [2.05, 4.69) is 24.5 Å². The van der Waals surface area contributed by atoms with Gasteiger partial charge in [-0.3, -0.25) is 19.0 Å². The van der Waals surface area contributed by atoms with Gasteiger partial charge >= 0.3 is 0 Å². The number of fused-ring (bicyclic) bond motifs is 1. The van der Waals surface area contributed by atoms with Gasteiger partial charge in [-0.05, 0) is 95.6 Å². The Balaban J connectivity index is 1.37. The molecule has 40 heavy (non-hydrogen) atoms. The van der Waals surface area contributed by atoms with E-state index in [1.807, 2.05) is 25.1 Å². The zero-order valence-electron chi connectivity index (χ0n) is 24.2. The third-order valence-electron chi connectivity index (χ3n) is 8.19. The van der Waals surface area contributed by atoms with E-state index < -0.39 is 0 Å². The summed E-state index contributed by atoms with van der Waals surface area (Å²) in [6.07, 6.45) is 11.8. The minimum Gasteiger partial charge on any atom is -0.497 e. The van der Waals surface area contributed by atoms with Gasteiger partial charge in [-0.25, -0.2) is 0 Å². The van der Waals surface area contributed by atoms with Crippen molar-refractivity contribution in [1.29, 1.82) is 0 Å². The molecule has 1 fully saturated rings. The fourth-order valence-corrected chi connectivity index (χ4v) is 5.99. The van der Waals surface area contributed by atoms with Crippen molar-refractivity contribution in [2.75, 3.05) is 13.7 Å². The molecule has 0 radical (unpaired) electrons. The maximum Gasteiger partial charge on any atom is 0.258 e. The molecule has 2 aliphatic carbocycles. The molecule has 1 aromatic heterocycles. The number of allylic oxidation sites excluding steroid dienone is 4. The van der Waals surface area contributed by atoms with Crippen LogP contribution in [0.15, 0.2) is 41.0 Å². The van der Waals surface area contributed by atoms with Gasteiger partial charge in [-0.15, -0.1) is 0 Å². The van der Waals surface area contributed by atoms with Crippen molar-refractivity contribution in [1.82, 2.24) is 15.2 Å². The predicted octanol–water partition coefficient (Wildman–Crippen LogP) is 6.36. The number of benzene rings is 1. The quantitative estimate of drug-likeness (QED) is 0.309. The van der Waals surface area contributed by atoms with E-state index in [1.165, 1.54) is 0 Å². The smallest absolute Gasteiger partial charge is 0.258 e. The van der Waals surface area contributed by atoms with Crippen LogP contribution in [-0.2, 0) is 16.0 Å². The standard InChI is InChI=1S/C32H42ClN3O4/c1-21-26(20-29(37)34-18-8-7-17-32(2,3)35-30(38)22-9-5-6-10-22)27-19-25(40-4)15-16-28(27)36(21)31(39)23-11-13-24(33)14-12-23/h11,13,15-16,19,22H,5-10,12,14,17-18,20H2,1-4H3,(H,34,37)(H,35,38). The maximum atomic E-state index is 13.5. The van der Waals surface area contributed by atoms with Gasteiger partial charge in [0.05, 0.1) is 19.0 Å². The molecule has 0 bridgehead atoms. The number of nitrogens with zero attached hydrogens (tertiary/aromatic N) is 1. The lowest BCUT2D eigenvalue weighted by Crippen LogP contribution is -2.45. The van der Waals surface area contributed by atoms with Crippen LogP contribution in [0, 0.1) is 12.8 Å². The molecule has 0 aliphatic heterocycles. The molecule has 0 atom stereocenters. The minimum atomic E-state index is -0.261. The van der Waals surface area contributed by atoms with Gasteiger partial charge < -0.3 is 15.4 Å². The van der Waals surface area contributed by atoms with E-state index in [0.29, 0.717) is 30.7 Å². The van der Waals surface area contributed by atoms with Gasteiger partial charge in [0.1, 0.15) is 5.75 Å². The summed E-state index contributed by atoms with van der Waals surface area (Å²) in [6, 6.07) is 5.60. The molecule has 216 valence electrons. The van der Waals surface area contributed by atoms with E-state index >= 15 is 0 Å². The number of ether oxygens (including phenoxy) is 1. The first kappa shape index (κ1) is 29.9. The number of carbonyl (C=O) groups excluding carboxylic acids is 3. The van der Waals surface area contributed by atoms with Crippen molar-refractivity contribution >= 4 is 40.2 Å². The van der Waals surface area contributed by atoms with Crippen LogP contribution in [0.1, 0.15) is 87.7 Å². The number of rotatable bonds is 11. The molecule has 0 saturated heterocycles. The van der Waals surface area contributed by atoms with Crippen molar-refractivity contribution in [2.24, 2.45) is 5.92 Å². The Morgan fingerprint density at radius 2 is 1.85 bits per heavy atom. The largest absolute Gasteiger partial charge is 0.497 e. The second-order valence-corrected chi connectivity index (χ2v) is 12.2. The first-order valence-corrected chi connectivity index (χ1v) is 14.8. The molecule has 0 unspecified atom stereocenters. The second kappa shape index (κ2) is 13.1. The highest BCUT2D eigenvalue weighted by Gasteiger charge is 2.28. The molecular formula is C32H42ClN3O4. The van der Waals surface area contributed by atoms with Gasteiger partial charge in [0.15, 0.2) is 0 Å². The molecular weight excluding hydrogens is 526 g/mol. The monoisotopic (exact) mass is 567 g/mol. The van der Waals surface area contributed by atoms with Crippen LogP contribution in [0.2, 0.25) is 0 Å². The number of unbranched alkanes of at least 4 members (excludes halogenated alkanes) is 1. The summed E-state index contributed by atoms with van der Waals surface area (Å²) in [4.78, 5) is 39.0. The van der Waals surface area contributed by atoms with E-state index in [9.17, 15) is 14.4 Å². The van der Waals surface area contributed by atoms with Crippen LogP contribution < -0.4 is 15.4 Å². The Morgan fingerprint density at radius 1 is 1.10 bits per heavy atom. The summed E-state index contributed by atoms with van der Waals surface area (Å²) in [5.74, 6) is 0.839. The van der Waals surface area contributed by atoms with Crippen molar-refractivity contribution < 1.29 is 19.1 Å². The molecule has 4 rings (SSSR count). The summed E-state index contributed by atoms with van der Waals surface area (Å²) in [5.41, 5.74) is 2.77. The molecule has 2 aromatic rings. The van der Waals surface area contributed by atoms with Crippen molar-refractivity contribution in [2.45, 2.75) is 90.5 Å². The first-order chi connectivity index (χ1) is 19.1. The van der Waals surface area contributed by atoms with Crippen LogP contribution in [0.25, 0.3) is 10.9 Å². The van der Waals surface area contributed by atoms with Crippen molar-refractivity contribution in [3.05, 3.63) is 52.2 Å². The molecule has 2 amide bonds. The number of methoxy groups -OCH3 is 1. The highest BCUT2D eigenvalue weighted by molar-refractivity contribution is 6.29. The number of nitrogens with one attached hydrogen (secondary N) is 2. The number of carbonyl (C=O) groups is 3. The molecule has 0 spiro atoms. The summed E-state index contributed by atoms with van der Waals surface area (Å²) >= 11 is 6.10. The first-order valence-electron chi connectivity index (χ1n) is 14.5. The lowest BCUT2D eigenvalue weighted by Gasteiger charge is -2.28. The van der Waals surface area contributed by atoms with Gasteiger partial charge in [0.2, 0.25) is 11.8 Å². The molecule has 2 aliphatic rings. The lowest BCUT2D eigenvalue weighted by atomic mass is 9.95. The normalized spacial score (nSPS) is 16.0. The topological polar surface area (TPSA) is 89.4 Å². The number of halogens is 1. The van der Waals surface area contributed by atoms with E-state index in [0.717, 1.165) is 72.1 Å². The number of amides is 2. The minimum absolute atomic E-state index is 0.0854. The fourth-order valence-electron chi connectivity index (χ4n) is 5.84. The fraction of sp³-hybridized carbons (Fsp3) is 0.531. The van der Waals surface area contributed by atoms with Crippen LogP contribution in [0.4, 0.5) is 0 Å². The zero-order chi connectivity index (χ0) is 28.9. The lowest BCUT2D eigenvalue weighted by molar-refractivity contribution is -0.126. The van der Waals surface area contributed by atoms with Gasteiger partial charge in [0.25, 0.3) is 5.91 Å². The zero-order valence-corrected chi connectivity index (χ0v) is 25.0. The third kappa shape index (κ3) is 7.17. The molecule has 2 N–H and O–H groups in total. The van der Waals surface area contributed by atoms with Crippen LogP contribution in [0.5, 0.6) is 5.75 Å². The van der Waals surface area contributed by atoms with Crippen LogP contribution >= 0.6 is 11.6 Å². The Kier molecular flexibility index (Phi) is 9.77. The molecule has 7 nitrogen and oxygen atoms in total. The second-order valence-electron chi connectivity index (χ2n) is 11.7. The summed E-state index contributed by atoms with van der Waals surface area (Å²) in [5, 5.41) is 7.84. The van der Waals surface area contributed by atoms with Crippen molar-refractivity contribution in [3.8, 4) is 5.75 Å². The van der Waals surface area contributed by atoms with E-state index in [4.69, 9.17) is 16.3 Å². The Hall–Kier alpha value is -3.06. The van der Waals surface area contributed by atoms with Crippen molar-refractivity contribution in [3.63, 3.8) is 0 Å².